The Morgan fingerprint density at radius 1 is 1.50 bits per heavy atom. The zero-order valence-corrected chi connectivity index (χ0v) is 6.66. The Bertz CT molecular complexity index is 317. The van der Waals surface area contributed by atoms with E-state index in [-0.39, 0.29) is 0 Å². The molecule has 64 valence electrons. The number of carbonyl (C=O) groups excluding carboxylic acids is 1. The first-order valence-corrected chi connectivity index (χ1v) is 4.01. The molecule has 0 spiro atoms. The van der Waals surface area contributed by atoms with Gasteiger partial charge in [-0.1, -0.05) is 5.21 Å². The molecule has 0 saturated heterocycles. The molecule has 12 heavy (non-hydrogen) atoms. The van der Waals surface area contributed by atoms with E-state index in [1.54, 1.807) is 4.68 Å². The van der Waals surface area contributed by atoms with Crippen LogP contribution in [0.1, 0.15) is 29.0 Å². The van der Waals surface area contributed by atoms with Crippen molar-refractivity contribution in [3.8, 4) is 0 Å². The standard InChI is InChI=1S/C7H10N4O/c8-7(12)6-5-3-1-2-4-11(5)10-9-6/h1-4H2,(H2,8,12). The van der Waals surface area contributed by atoms with Gasteiger partial charge < -0.3 is 5.73 Å². The van der Waals surface area contributed by atoms with E-state index in [1.807, 2.05) is 0 Å². The van der Waals surface area contributed by atoms with Crippen LogP contribution >= 0.6 is 0 Å². The number of aryl methyl sites for hydroxylation is 1. The van der Waals surface area contributed by atoms with Gasteiger partial charge in [-0.3, -0.25) is 4.79 Å². The van der Waals surface area contributed by atoms with E-state index in [2.05, 4.69) is 10.3 Å². The molecule has 1 amide bonds. The fraction of sp³-hybridized carbons (Fsp3) is 0.571. The molecule has 0 atom stereocenters. The fourth-order valence-electron chi connectivity index (χ4n) is 1.51. The van der Waals surface area contributed by atoms with Crippen molar-refractivity contribution in [1.29, 1.82) is 0 Å². The molecule has 0 aliphatic carbocycles. The van der Waals surface area contributed by atoms with Crippen molar-refractivity contribution < 1.29 is 4.79 Å². The Morgan fingerprint density at radius 2 is 2.33 bits per heavy atom. The van der Waals surface area contributed by atoms with Gasteiger partial charge in [-0.05, 0) is 19.3 Å². The summed E-state index contributed by atoms with van der Waals surface area (Å²) >= 11 is 0. The SMILES string of the molecule is NC(=O)c1nnn2c1CCCC2. The molecular weight excluding hydrogens is 156 g/mol. The van der Waals surface area contributed by atoms with Crippen molar-refractivity contribution in [2.75, 3.05) is 0 Å². The van der Waals surface area contributed by atoms with Crippen LogP contribution in [0.5, 0.6) is 0 Å². The Labute approximate surface area is 69.5 Å². The van der Waals surface area contributed by atoms with Crippen LogP contribution < -0.4 is 5.73 Å². The number of aromatic nitrogens is 3. The molecule has 0 bridgehead atoms. The number of hydrogen-bond acceptors (Lipinski definition) is 3. The van der Waals surface area contributed by atoms with Crippen LogP contribution in [0.4, 0.5) is 0 Å². The van der Waals surface area contributed by atoms with Crippen LogP contribution in [-0.4, -0.2) is 20.9 Å². The molecule has 5 heteroatoms. The number of amides is 1. The van der Waals surface area contributed by atoms with Gasteiger partial charge in [0.1, 0.15) is 0 Å². The van der Waals surface area contributed by atoms with Crippen molar-refractivity contribution in [3.05, 3.63) is 11.4 Å². The van der Waals surface area contributed by atoms with E-state index < -0.39 is 5.91 Å². The molecule has 0 unspecified atom stereocenters. The number of nitrogens with two attached hydrogens (primary N) is 1. The van der Waals surface area contributed by atoms with E-state index in [0.29, 0.717) is 5.69 Å². The van der Waals surface area contributed by atoms with E-state index in [1.165, 1.54) is 0 Å². The van der Waals surface area contributed by atoms with Gasteiger partial charge in [0.2, 0.25) is 0 Å². The summed E-state index contributed by atoms with van der Waals surface area (Å²) in [7, 11) is 0. The lowest BCUT2D eigenvalue weighted by Crippen LogP contribution is -2.17. The minimum atomic E-state index is -0.474. The maximum absolute atomic E-state index is 10.8. The largest absolute Gasteiger partial charge is 0.364 e. The van der Waals surface area contributed by atoms with E-state index in [9.17, 15) is 4.79 Å². The summed E-state index contributed by atoms with van der Waals surface area (Å²) in [6.07, 6.45) is 3.06. The lowest BCUT2D eigenvalue weighted by Gasteiger charge is -2.11. The lowest BCUT2D eigenvalue weighted by molar-refractivity contribution is 0.0994. The molecule has 1 aromatic heterocycles. The summed E-state index contributed by atoms with van der Waals surface area (Å²) in [4.78, 5) is 10.8. The molecule has 0 saturated carbocycles. The van der Waals surface area contributed by atoms with Gasteiger partial charge in [-0.2, -0.15) is 0 Å². The summed E-state index contributed by atoms with van der Waals surface area (Å²) in [6, 6.07) is 0. The molecular formula is C7H10N4O. The van der Waals surface area contributed by atoms with Gasteiger partial charge in [0.25, 0.3) is 5.91 Å². The Kier molecular flexibility index (Phi) is 1.56. The van der Waals surface area contributed by atoms with Crippen molar-refractivity contribution in [2.24, 2.45) is 5.73 Å². The van der Waals surface area contributed by atoms with E-state index in [4.69, 9.17) is 5.73 Å². The van der Waals surface area contributed by atoms with Crippen molar-refractivity contribution in [3.63, 3.8) is 0 Å². The predicted molar refractivity (Wildman–Crippen MR) is 41.5 cm³/mol. The summed E-state index contributed by atoms with van der Waals surface area (Å²) in [5.41, 5.74) is 6.37. The normalized spacial score (nSPS) is 15.7. The average Bonchev–Trinajstić information content (AvgIpc) is 2.47. The fourth-order valence-corrected chi connectivity index (χ4v) is 1.51. The molecule has 0 fully saturated rings. The number of hydrogen-bond donors (Lipinski definition) is 1. The Hall–Kier alpha value is -1.39. The summed E-state index contributed by atoms with van der Waals surface area (Å²) in [5, 5.41) is 7.58. The summed E-state index contributed by atoms with van der Waals surface area (Å²) < 4.78 is 1.77. The smallest absolute Gasteiger partial charge is 0.271 e. The lowest BCUT2D eigenvalue weighted by atomic mass is 10.1. The van der Waals surface area contributed by atoms with Gasteiger partial charge >= 0.3 is 0 Å². The molecule has 0 radical (unpaired) electrons. The van der Waals surface area contributed by atoms with Crippen LogP contribution in [0.3, 0.4) is 0 Å². The molecule has 1 aliphatic rings. The summed E-state index contributed by atoms with van der Waals surface area (Å²) in [5.74, 6) is -0.474. The van der Waals surface area contributed by atoms with Gasteiger partial charge in [-0.25, -0.2) is 4.68 Å². The first-order chi connectivity index (χ1) is 5.79. The van der Waals surface area contributed by atoms with Gasteiger partial charge in [-0.15, -0.1) is 5.10 Å². The number of primary amides is 1. The summed E-state index contributed by atoms with van der Waals surface area (Å²) in [6.45, 7) is 0.857. The third-order valence-electron chi connectivity index (χ3n) is 2.10. The highest BCUT2D eigenvalue weighted by Crippen LogP contribution is 2.15. The number of nitrogens with zero attached hydrogens (tertiary/aromatic N) is 3. The van der Waals surface area contributed by atoms with Crippen LogP contribution in [0.2, 0.25) is 0 Å². The minimum absolute atomic E-state index is 0.342. The number of rotatable bonds is 1. The zero-order chi connectivity index (χ0) is 8.55. The monoisotopic (exact) mass is 166 g/mol. The van der Waals surface area contributed by atoms with Crippen LogP contribution in [0.15, 0.2) is 0 Å². The second kappa shape index (κ2) is 2.58. The third-order valence-corrected chi connectivity index (χ3v) is 2.10. The van der Waals surface area contributed by atoms with E-state index in [0.717, 1.165) is 31.5 Å². The maximum Gasteiger partial charge on any atom is 0.271 e. The molecule has 2 heterocycles. The van der Waals surface area contributed by atoms with Crippen LogP contribution in [0, 0.1) is 0 Å². The topological polar surface area (TPSA) is 73.8 Å². The molecule has 1 aliphatic heterocycles. The number of fused-ring (bicyclic) bond motifs is 1. The highest BCUT2D eigenvalue weighted by molar-refractivity contribution is 5.91. The highest BCUT2D eigenvalue weighted by atomic mass is 16.1. The second-order valence-corrected chi connectivity index (χ2v) is 2.93. The van der Waals surface area contributed by atoms with Gasteiger partial charge in [0, 0.05) is 6.54 Å². The molecule has 2 rings (SSSR count). The quantitative estimate of drug-likeness (QED) is 0.623. The first-order valence-electron chi connectivity index (χ1n) is 4.01. The predicted octanol–water partition coefficient (Wildman–Crippen LogP) is -0.287. The molecule has 5 nitrogen and oxygen atoms in total. The van der Waals surface area contributed by atoms with Crippen molar-refractivity contribution >= 4 is 5.91 Å². The number of carbonyl (C=O) groups is 1. The third kappa shape index (κ3) is 0.975. The van der Waals surface area contributed by atoms with Crippen molar-refractivity contribution in [1.82, 2.24) is 15.0 Å². The highest BCUT2D eigenvalue weighted by Gasteiger charge is 2.19. The van der Waals surface area contributed by atoms with Gasteiger partial charge in [0.05, 0.1) is 5.69 Å². The van der Waals surface area contributed by atoms with Gasteiger partial charge in [0.15, 0.2) is 5.69 Å². The minimum Gasteiger partial charge on any atom is -0.364 e. The zero-order valence-electron chi connectivity index (χ0n) is 6.66. The molecule has 1 aromatic rings. The Balaban J connectivity index is 2.44. The van der Waals surface area contributed by atoms with Crippen LogP contribution in [0.25, 0.3) is 0 Å². The van der Waals surface area contributed by atoms with E-state index >= 15 is 0 Å². The van der Waals surface area contributed by atoms with Crippen molar-refractivity contribution in [2.45, 2.75) is 25.8 Å². The second-order valence-electron chi connectivity index (χ2n) is 2.93. The maximum atomic E-state index is 10.8. The molecule has 2 N–H and O–H groups in total. The first kappa shape index (κ1) is 7.27. The molecule has 0 aromatic carbocycles. The Morgan fingerprint density at radius 3 is 3.08 bits per heavy atom. The average molecular weight is 166 g/mol. The van der Waals surface area contributed by atoms with Crippen LogP contribution in [-0.2, 0) is 13.0 Å².